The maximum atomic E-state index is 16.3. The average Bonchev–Trinajstić information content (AvgIpc) is 3.71. The summed E-state index contributed by atoms with van der Waals surface area (Å²) in [7, 11) is -1.96. The molecule has 1 amide bonds. The van der Waals surface area contributed by atoms with E-state index in [1.54, 1.807) is 59.3 Å². The second kappa shape index (κ2) is 12.7. The van der Waals surface area contributed by atoms with E-state index in [2.05, 4.69) is 16.9 Å². The molecule has 2 aromatic carbocycles. The minimum atomic E-state index is -3.40. The van der Waals surface area contributed by atoms with Crippen molar-refractivity contribution < 1.29 is 23.5 Å². The predicted molar refractivity (Wildman–Crippen MR) is 179 cm³/mol. The van der Waals surface area contributed by atoms with Crippen LogP contribution in [0.2, 0.25) is 18.6 Å². The molecule has 2 aromatic heterocycles. The van der Waals surface area contributed by atoms with E-state index in [-0.39, 0.29) is 36.3 Å². The summed E-state index contributed by atoms with van der Waals surface area (Å²) < 4.78 is 31.6. The van der Waals surface area contributed by atoms with Crippen LogP contribution in [0.1, 0.15) is 36.1 Å². The number of halogens is 1. The molecule has 0 radical (unpaired) electrons. The largest absolute Gasteiger partial charge is 0.491 e. The molecule has 2 aliphatic heterocycles. The average molecular weight is 658 g/mol. The molecule has 0 saturated carbocycles. The summed E-state index contributed by atoms with van der Waals surface area (Å²) in [5, 5.41) is 18.8. The van der Waals surface area contributed by atoms with Gasteiger partial charge < -0.3 is 23.6 Å². The number of carbonyl (C=O) groups excluding carboxylic acids is 1. The standard InChI is InChI=1S/C35H40FN5O5Si/c1-6-17-41-29-15-14-25(40-18-10-13-31(45-3)33(40)43)20-27(29)35(34(41)44)23(2)32(47(4,5)36)30(46-35)16-19-39-21-28(37-38-39)26(22-42)24-11-8-7-9-12-24/h6-15,18,20-21,23,26,30,32,42H,1,16-17,19,22H2,2-5H3/t23-,26?,30+,32-,35+/m1/s1. The highest BCUT2D eigenvalue weighted by Gasteiger charge is 2.66. The van der Waals surface area contributed by atoms with Crippen LogP contribution in [-0.4, -0.2) is 65.3 Å². The van der Waals surface area contributed by atoms with E-state index in [4.69, 9.17) is 9.47 Å². The van der Waals surface area contributed by atoms with Crippen molar-refractivity contribution in [3.63, 3.8) is 0 Å². The number of rotatable bonds is 11. The lowest BCUT2D eigenvalue weighted by Gasteiger charge is -2.31. The van der Waals surface area contributed by atoms with E-state index < -0.39 is 31.6 Å². The number of pyridine rings is 1. The van der Waals surface area contributed by atoms with Crippen LogP contribution in [0.5, 0.6) is 5.75 Å². The number of aliphatic hydroxyl groups is 1. The highest BCUT2D eigenvalue weighted by atomic mass is 28.4. The summed E-state index contributed by atoms with van der Waals surface area (Å²) in [4.78, 5) is 29.2. The third-order valence-electron chi connectivity index (χ3n) is 9.61. The molecule has 2 aliphatic rings. The smallest absolute Gasteiger partial charge is 0.297 e. The minimum absolute atomic E-state index is 0.120. The van der Waals surface area contributed by atoms with Gasteiger partial charge in [0.2, 0.25) is 8.41 Å². The van der Waals surface area contributed by atoms with Gasteiger partial charge in [-0.25, -0.2) is 0 Å². The van der Waals surface area contributed by atoms with E-state index >= 15 is 4.11 Å². The Morgan fingerprint density at radius 3 is 2.62 bits per heavy atom. The molecule has 0 bridgehead atoms. The maximum absolute atomic E-state index is 16.3. The summed E-state index contributed by atoms with van der Waals surface area (Å²) in [6, 6.07) is 18.3. The van der Waals surface area contributed by atoms with E-state index in [0.29, 0.717) is 35.6 Å². The number of benzene rings is 2. The Morgan fingerprint density at radius 2 is 1.94 bits per heavy atom. The van der Waals surface area contributed by atoms with Gasteiger partial charge in [-0.05, 0) is 55.4 Å². The van der Waals surface area contributed by atoms with Gasteiger partial charge in [-0.2, -0.15) is 0 Å². The third kappa shape index (κ3) is 5.53. The molecule has 1 saturated heterocycles. The topological polar surface area (TPSA) is 112 Å². The molecule has 0 aliphatic carbocycles. The highest BCUT2D eigenvalue weighted by molar-refractivity contribution is 6.72. The van der Waals surface area contributed by atoms with E-state index in [9.17, 15) is 14.7 Å². The SMILES string of the molecule is C=CCN1C(=O)[C@@]2(O[C@@H](CCn3cc(C(CO)c4ccccc4)nn3)[C@H]([Si](C)(C)F)[C@H]2C)c2cc(-n3cccc(OC)c3=O)ccc21. The minimum Gasteiger partial charge on any atom is -0.491 e. The van der Waals surface area contributed by atoms with Gasteiger partial charge in [0.25, 0.3) is 11.5 Å². The van der Waals surface area contributed by atoms with Gasteiger partial charge in [0, 0.05) is 48.2 Å². The molecule has 5 atom stereocenters. The second-order valence-electron chi connectivity index (χ2n) is 12.8. The van der Waals surface area contributed by atoms with E-state index in [0.717, 1.165) is 5.56 Å². The number of fused-ring (bicyclic) bond motifs is 2. The number of methoxy groups -OCH3 is 1. The number of nitrogens with zero attached hydrogens (tertiary/aromatic N) is 5. The van der Waals surface area contributed by atoms with E-state index in [1.807, 2.05) is 49.4 Å². The van der Waals surface area contributed by atoms with Crippen molar-refractivity contribution in [3.05, 3.63) is 113 Å². The Balaban J connectivity index is 1.36. The molecule has 12 heteroatoms. The first-order valence-electron chi connectivity index (χ1n) is 15.8. The Morgan fingerprint density at radius 1 is 1.17 bits per heavy atom. The van der Waals surface area contributed by atoms with Crippen molar-refractivity contribution in [2.75, 3.05) is 25.2 Å². The number of aliphatic hydroxyl groups excluding tert-OH is 1. The number of hydrogen-bond donors (Lipinski definition) is 1. The zero-order valence-electron chi connectivity index (χ0n) is 27.0. The Hall–Kier alpha value is -4.39. The lowest BCUT2D eigenvalue weighted by atomic mass is 9.82. The fourth-order valence-electron chi connectivity index (χ4n) is 7.50. The second-order valence-corrected chi connectivity index (χ2v) is 16.6. The van der Waals surface area contributed by atoms with Gasteiger partial charge >= 0.3 is 0 Å². The number of aryl methyl sites for hydroxylation is 1. The molecule has 47 heavy (non-hydrogen) atoms. The monoisotopic (exact) mass is 657 g/mol. The van der Waals surface area contributed by atoms with Gasteiger partial charge in [-0.15, -0.1) is 11.7 Å². The summed E-state index contributed by atoms with van der Waals surface area (Å²) in [6.45, 7) is 9.60. The molecule has 1 spiro atoms. The summed E-state index contributed by atoms with van der Waals surface area (Å²) in [5.41, 5.74) is 1.05. The van der Waals surface area contributed by atoms with Crippen molar-refractivity contribution in [2.24, 2.45) is 5.92 Å². The lowest BCUT2D eigenvalue weighted by molar-refractivity contribution is -0.145. The summed E-state index contributed by atoms with van der Waals surface area (Å²) in [5.74, 6) is -0.901. The van der Waals surface area contributed by atoms with Crippen LogP contribution < -0.4 is 15.2 Å². The van der Waals surface area contributed by atoms with Crippen LogP contribution in [0.4, 0.5) is 9.80 Å². The van der Waals surface area contributed by atoms with Crippen LogP contribution in [0, 0.1) is 5.92 Å². The van der Waals surface area contributed by atoms with Crippen molar-refractivity contribution >= 4 is 20.0 Å². The van der Waals surface area contributed by atoms with Gasteiger partial charge in [-0.1, -0.05) is 48.5 Å². The van der Waals surface area contributed by atoms with Crippen LogP contribution in [-0.2, 0) is 21.7 Å². The van der Waals surface area contributed by atoms with Crippen LogP contribution in [0.25, 0.3) is 5.69 Å². The van der Waals surface area contributed by atoms with Crippen molar-refractivity contribution in [3.8, 4) is 11.4 Å². The molecule has 1 N–H and O–H groups in total. The number of hydrogen-bond acceptors (Lipinski definition) is 7. The molecule has 10 nitrogen and oxygen atoms in total. The van der Waals surface area contributed by atoms with Crippen molar-refractivity contribution in [1.82, 2.24) is 19.6 Å². The van der Waals surface area contributed by atoms with Gasteiger partial charge in [0.05, 0.1) is 37.1 Å². The van der Waals surface area contributed by atoms with Gasteiger partial charge in [0.15, 0.2) is 11.4 Å². The Bertz CT molecular complexity index is 1840. The number of aromatic nitrogens is 4. The maximum Gasteiger partial charge on any atom is 0.297 e. The molecular weight excluding hydrogens is 617 g/mol. The molecule has 246 valence electrons. The fraction of sp³-hybridized carbons (Fsp3) is 0.371. The fourth-order valence-corrected chi connectivity index (χ4v) is 10.0. The Labute approximate surface area is 274 Å². The van der Waals surface area contributed by atoms with Gasteiger partial charge in [0.1, 0.15) is 0 Å². The molecule has 4 aromatic rings. The van der Waals surface area contributed by atoms with E-state index in [1.165, 1.54) is 11.7 Å². The summed E-state index contributed by atoms with van der Waals surface area (Å²) in [6.07, 6.45) is 4.91. The number of ether oxygens (including phenoxy) is 2. The molecular formula is C35H40FN5O5Si. The zero-order valence-corrected chi connectivity index (χ0v) is 28.0. The number of anilines is 1. The quantitative estimate of drug-likeness (QED) is 0.138. The molecule has 1 unspecified atom stereocenters. The lowest BCUT2D eigenvalue weighted by Crippen LogP contribution is -2.45. The first-order chi connectivity index (χ1) is 22.5. The molecule has 1 fully saturated rings. The zero-order chi connectivity index (χ0) is 33.5. The number of carbonyl (C=O) groups is 1. The van der Waals surface area contributed by atoms with Gasteiger partial charge in [-0.3, -0.25) is 18.8 Å². The molecule has 6 rings (SSSR count). The molecule has 4 heterocycles. The third-order valence-corrected chi connectivity index (χ3v) is 12.1. The summed E-state index contributed by atoms with van der Waals surface area (Å²) >= 11 is 0. The first kappa shape index (κ1) is 32.5. The normalized spacial score (nSPS) is 22.9. The van der Waals surface area contributed by atoms with Crippen LogP contribution in [0.3, 0.4) is 0 Å². The van der Waals surface area contributed by atoms with Crippen molar-refractivity contribution in [1.29, 1.82) is 0 Å². The van der Waals surface area contributed by atoms with Crippen molar-refractivity contribution in [2.45, 2.75) is 56.1 Å². The first-order valence-corrected chi connectivity index (χ1v) is 18.8. The van der Waals surface area contributed by atoms with Crippen LogP contribution >= 0.6 is 0 Å². The highest BCUT2D eigenvalue weighted by Crippen LogP contribution is 2.60. The van der Waals surface area contributed by atoms with Crippen LogP contribution in [0.15, 0.2) is 90.5 Å². The predicted octanol–water partition coefficient (Wildman–Crippen LogP) is 4.96. The Kier molecular flexibility index (Phi) is 8.77. The number of amides is 1.